The second-order valence-corrected chi connectivity index (χ2v) is 6.19. The maximum atomic E-state index is 14.0. The molecule has 0 saturated carbocycles. The van der Waals surface area contributed by atoms with Gasteiger partial charge in [0.15, 0.2) is 11.6 Å². The van der Waals surface area contributed by atoms with Gasteiger partial charge in [-0.25, -0.2) is 14.4 Å². The van der Waals surface area contributed by atoms with Gasteiger partial charge in [0.1, 0.15) is 6.33 Å². The Labute approximate surface area is 126 Å². The molecule has 21 heavy (non-hydrogen) atoms. The van der Waals surface area contributed by atoms with Gasteiger partial charge in [0, 0.05) is 18.3 Å². The Morgan fingerprint density at radius 2 is 1.90 bits per heavy atom. The number of hydrogen-bond donors (Lipinski definition) is 0. The summed E-state index contributed by atoms with van der Waals surface area (Å²) in [6.07, 6.45) is 10.2. The lowest BCUT2D eigenvalue weighted by molar-refractivity contribution is 0.311. The van der Waals surface area contributed by atoms with Gasteiger partial charge in [0.05, 0.1) is 23.5 Å². The Balaban J connectivity index is 1.61. The van der Waals surface area contributed by atoms with Crippen molar-refractivity contribution in [2.24, 2.45) is 0 Å². The van der Waals surface area contributed by atoms with Crippen molar-refractivity contribution in [2.45, 2.75) is 43.8 Å². The zero-order valence-electron chi connectivity index (χ0n) is 11.4. The minimum absolute atomic E-state index is 0.307. The molecule has 0 aliphatic carbocycles. The molecule has 110 valence electrons. The van der Waals surface area contributed by atoms with Crippen LogP contribution in [0.1, 0.15) is 31.7 Å². The number of fused-ring (bicyclic) bond motifs is 2. The summed E-state index contributed by atoms with van der Waals surface area (Å²) in [4.78, 5) is 10.0. The van der Waals surface area contributed by atoms with E-state index in [2.05, 4.69) is 20.0 Å². The van der Waals surface area contributed by atoms with Gasteiger partial charge in [-0.05, 0) is 25.7 Å². The number of piperidine rings is 1. The lowest BCUT2D eigenvalue weighted by Gasteiger charge is -2.39. The average Bonchev–Trinajstić information content (AvgIpc) is 3.01. The molecule has 0 amide bonds. The zero-order valence-corrected chi connectivity index (χ0v) is 12.1. The van der Waals surface area contributed by atoms with Crippen molar-refractivity contribution < 1.29 is 4.39 Å². The summed E-state index contributed by atoms with van der Waals surface area (Å²) in [5, 5.41) is 4.98. The van der Waals surface area contributed by atoms with Crippen LogP contribution in [-0.4, -0.2) is 31.8 Å². The first-order chi connectivity index (χ1) is 10.2. The van der Waals surface area contributed by atoms with Crippen molar-refractivity contribution in [2.75, 3.05) is 4.90 Å². The largest absolute Gasteiger partial charge is 0.348 e. The highest BCUT2D eigenvalue weighted by Gasteiger charge is 2.43. The van der Waals surface area contributed by atoms with E-state index in [9.17, 15) is 4.39 Å². The number of hydrogen-bond acceptors (Lipinski definition) is 4. The smallest absolute Gasteiger partial charge is 0.183 e. The van der Waals surface area contributed by atoms with Gasteiger partial charge in [-0.1, -0.05) is 11.6 Å². The number of rotatable bonds is 2. The van der Waals surface area contributed by atoms with Crippen LogP contribution in [-0.2, 0) is 0 Å². The van der Waals surface area contributed by atoms with E-state index < -0.39 is 0 Å². The second kappa shape index (κ2) is 4.94. The monoisotopic (exact) mass is 307 g/mol. The van der Waals surface area contributed by atoms with Crippen LogP contribution >= 0.6 is 11.6 Å². The second-order valence-electron chi connectivity index (χ2n) is 5.75. The van der Waals surface area contributed by atoms with E-state index in [1.165, 1.54) is 12.5 Å². The van der Waals surface area contributed by atoms with Crippen LogP contribution in [0.4, 0.5) is 10.2 Å². The molecule has 5 nitrogen and oxygen atoms in total. The molecule has 2 bridgehead atoms. The normalized spacial score (nSPS) is 28.1. The third-order valence-electron chi connectivity index (χ3n) is 4.55. The van der Waals surface area contributed by atoms with Crippen molar-refractivity contribution in [1.29, 1.82) is 0 Å². The van der Waals surface area contributed by atoms with Crippen LogP contribution < -0.4 is 4.90 Å². The molecule has 7 heteroatoms. The molecule has 2 aromatic rings. The molecule has 2 aromatic heterocycles. The number of nitrogens with zero attached hydrogens (tertiary/aromatic N) is 5. The highest BCUT2D eigenvalue weighted by atomic mass is 35.5. The van der Waals surface area contributed by atoms with Gasteiger partial charge in [-0.3, -0.25) is 4.68 Å². The number of anilines is 1. The van der Waals surface area contributed by atoms with E-state index in [4.69, 9.17) is 11.6 Å². The standard InChI is InChI=1S/C14H15ClFN5/c15-9-5-19-20(7-9)12-3-10-1-2-11(4-12)21(10)14-13(16)6-17-8-18-14/h5-8,10-12H,1-4H2. The predicted octanol–water partition coefficient (Wildman–Crippen LogP) is 2.84. The van der Waals surface area contributed by atoms with Crippen LogP contribution in [0.25, 0.3) is 0 Å². The summed E-state index contributed by atoms with van der Waals surface area (Å²) in [7, 11) is 0. The average molecular weight is 308 g/mol. The molecule has 0 radical (unpaired) electrons. The zero-order chi connectivity index (χ0) is 14.4. The van der Waals surface area contributed by atoms with Crippen LogP contribution in [0.15, 0.2) is 24.9 Å². The third-order valence-corrected chi connectivity index (χ3v) is 4.74. The number of aromatic nitrogens is 4. The van der Waals surface area contributed by atoms with Gasteiger partial charge in [-0.15, -0.1) is 0 Å². The maximum Gasteiger partial charge on any atom is 0.183 e. The van der Waals surface area contributed by atoms with Gasteiger partial charge < -0.3 is 4.90 Å². The summed E-state index contributed by atoms with van der Waals surface area (Å²) in [6, 6.07) is 0.943. The molecular weight excluding hydrogens is 293 g/mol. The first-order valence-corrected chi connectivity index (χ1v) is 7.53. The Hall–Kier alpha value is -1.69. The summed E-state index contributed by atoms with van der Waals surface area (Å²) in [5.41, 5.74) is 0. The molecule has 0 aromatic carbocycles. The van der Waals surface area contributed by atoms with Crippen LogP contribution in [0, 0.1) is 5.82 Å². The highest BCUT2D eigenvalue weighted by Crippen LogP contribution is 2.43. The summed E-state index contributed by atoms with van der Waals surface area (Å²) in [6.45, 7) is 0. The molecule has 2 atom stereocenters. The minimum atomic E-state index is -0.338. The molecule has 0 N–H and O–H groups in total. The van der Waals surface area contributed by atoms with Crippen LogP contribution in [0.5, 0.6) is 0 Å². The molecule has 2 fully saturated rings. The summed E-state index contributed by atoms with van der Waals surface area (Å²) in [5.74, 6) is 0.101. The fourth-order valence-corrected chi connectivity index (χ4v) is 3.86. The summed E-state index contributed by atoms with van der Waals surface area (Å²) >= 11 is 5.95. The van der Waals surface area contributed by atoms with E-state index in [1.54, 1.807) is 6.20 Å². The van der Waals surface area contributed by atoms with Gasteiger partial charge in [-0.2, -0.15) is 5.10 Å². The minimum Gasteiger partial charge on any atom is -0.348 e. The Kier molecular flexibility index (Phi) is 3.06. The molecule has 2 aliphatic heterocycles. The molecule has 4 rings (SSSR count). The Bertz CT molecular complexity index is 646. The van der Waals surface area contributed by atoms with E-state index in [0.717, 1.165) is 25.7 Å². The topological polar surface area (TPSA) is 46.8 Å². The van der Waals surface area contributed by atoms with Crippen molar-refractivity contribution in [3.8, 4) is 0 Å². The molecule has 0 spiro atoms. The molecule has 4 heterocycles. The SMILES string of the molecule is Fc1cncnc1N1C2CCC1CC(n1cc(Cl)cn1)C2. The van der Waals surface area contributed by atoms with E-state index >= 15 is 0 Å². The van der Waals surface area contributed by atoms with Crippen LogP contribution in [0.3, 0.4) is 0 Å². The van der Waals surface area contributed by atoms with Crippen molar-refractivity contribution in [3.05, 3.63) is 35.8 Å². The van der Waals surface area contributed by atoms with Crippen molar-refractivity contribution >= 4 is 17.4 Å². The van der Waals surface area contributed by atoms with Crippen LogP contribution in [0.2, 0.25) is 5.02 Å². The fourth-order valence-electron chi connectivity index (χ4n) is 3.72. The summed E-state index contributed by atoms with van der Waals surface area (Å²) < 4.78 is 15.9. The Morgan fingerprint density at radius 1 is 1.14 bits per heavy atom. The van der Waals surface area contributed by atoms with Gasteiger partial charge in [0.25, 0.3) is 0 Å². The predicted molar refractivity (Wildman–Crippen MR) is 76.8 cm³/mol. The van der Waals surface area contributed by atoms with E-state index in [0.29, 0.717) is 29.0 Å². The molecule has 2 unspecified atom stereocenters. The molecule has 2 aliphatic rings. The van der Waals surface area contributed by atoms with Gasteiger partial charge >= 0.3 is 0 Å². The first kappa shape index (κ1) is 13.0. The van der Waals surface area contributed by atoms with E-state index in [1.807, 2.05) is 10.9 Å². The first-order valence-electron chi connectivity index (χ1n) is 7.16. The quantitative estimate of drug-likeness (QED) is 0.856. The third kappa shape index (κ3) is 2.18. The lowest BCUT2D eigenvalue weighted by Crippen LogP contribution is -2.44. The van der Waals surface area contributed by atoms with E-state index in [-0.39, 0.29) is 5.82 Å². The lowest BCUT2D eigenvalue weighted by atomic mass is 9.97. The molecular formula is C14H15ClFN5. The van der Waals surface area contributed by atoms with Gasteiger partial charge in [0.2, 0.25) is 0 Å². The maximum absolute atomic E-state index is 14.0. The van der Waals surface area contributed by atoms with Crippen molar-refractivity contribution in [1.82, 2.24) is 19.7 Å². The highest BCUT2D eigenvalue weighted by molar-refractivity contribution is 6.30. The van der Waals surface area contributed by atoms with Crippen molar-refractivity contribution in [3.63, 3.8) is 0 Å². The Morgan fingerprint density at radius 3 is 2.52 bits per heavy atom. The fraction of sp³-hybridized carbons (Fsp3) is 0.500. The molecule has 2 saturated heterocycles. The number of halogens is 2.